The monoisotopic (exact) mass is 760 g/mol. The molecule has 6 aromatic rings. The van der Waals surface area contributed by atoms with E-state index in [0.29, 0.717) is 0 Å². The van der Waals surface area contributed by atoms with E-state index in [4.69, 9.17) is 0 Å². The van der Waals surface area contributed by atoms with Gasteiger partial charge in [-0.1, -0.05) is 156 Å². The van der Waals surface area contributed by atoms with E-state index >= 15 is 0 Å². The Morgan fingerprint density at radius 3 is 0.295 bits per heavy atom. The second-order valence-corrected chi connectivity index (χ2v) is 10.4. The first kappa shape index (κ1) is 43.2. The molecule has 0 aliphatic rings. The summed E-state index contributed by atoms with van der Waals surface area (Å²) in [6.45, 7) is 23.9. The van der Waals surface area contributed by atoms with Gasteiger partial charge in [-0.15, -0.1) is 0 Å². The fourth-order valence-electron chi connectivity index (χ4n) is 3.56. The van der Waals surface area contributed by atoms with Crippen molar-refractivity contribution in [3.63, 3.8) is 0 Å². The zero-order valence-corrected chi connectivity index (χ0v) is 32.4. The maximum Gasteiger partial charge on any atom is 3.00 e. The van der Waals surface area contributed by atoms with Gasteiger partial charge in [-0.2, -0.15) is 68.3 Å². The molecular weight excluding hydrogens is 708 g/mol. The van der Waals surface area contributed by atoms with Crippen LogP contribution in [0, 0.1) is 83.1 Å². The Morgan fingerprint density at radius 1 is 0.205 bits per heavy atom. The summed E-state index contributed by atoms with van der Waals surface area (Å²) < 4.78 is 0. The molecule has 0 N–H and O–H groups in total. The summed E-state index contributed by atoms with van der Waals surface area (Å²) in [6.07, 6.45) is 0. The van der Waals surface area contributed by atoms with E-state index in [-0.39, 0.29) is 42.1 Å². The summed E-state index contributed by atoms with van der Waals surface area (Å²) >= 11 is 0. The molecule has 6 rings (SSSR count). The van der Waals surface area contributed by atoms with Crippen LogP contribution in [0.5, 0.6) is 0 Å². The molecule has 0 unspecified atom stereocenters. The number of nitrogens with zero attached hydrogens (tertiary/aromatic N) is 6. The maximum atomic E-state index is 4.11. The average Bonchev–Trinajstić information content (AvgIpc) is 3.76. The number of rotatable bonds is 0. The Hall–Kier alpha value is -2.94. The minimum absolute atomic E-state index is 0. The summed E-state index contributed by atoms with van der Waals surface area (Å²) in [5.74, 6) is 0. The second-order valence-electron chi connectivity index (χ2n) is 10.4. The van der Waals surface area contributed by atoms with E-state index in [1.54, 1.807) is 0 Å². The number of hydrogen-bond donors (Lipinski definition) is 0. The molecular formula is C36H48Mo2N6. The van der Waals surface area contributed by atoms with Crippen molar-refractivity contribution in [1.82, 2.24) is 29.9 Å². The van der Waals surface area contributed by atoms with Crippen LogP contribution in [0.2, 0.25) is 0 Å². The minimum Gasteiger partial charge on any atom is -0.665 e. The maximum absolute atomic E-state index is 4.11. The summed E-state index contributed by atoms with van der Waals surface area (Å²) in [6, 6.07) is 24.1. The zero-order valence-electron chi connectivity index (χ0n) is 28.4. The third kappa shape index (κ3) is 21.7. The molecule has 0 bridgehead atoms. The van der Waals surface area contributed by atoms with Crippen molar-refractivity contribution in [1.29, 1.82) is 0 Å². The second kappa shape index (κ2) is 23.4. The molecule has 44 heavy (non-hydrogen) atoms. The molecule has 0 spiro atoms. The van der Waals surface area contributed by atoms with E-state index in [1.165, 1.54) is 0 Å². The number of aryl methyl sites for hydroxylation is 12. The largest absolute Gasteiger partial charge is 3.00 e. The van der Waals surface area contributed by atoms with Gasteiger partial charge in [0.05, 0.1) is 0 Å². The quantitative estimate of drug-likeness (QED) is 0.149. The van der Waals surface area contributed by atoms with E-state index in [0.717, 1.165) is 68.3 Å². The van der Waals surface area contributed by atoms with Gasteiger partial charge < -0.3 is 29.9 Å². The van der Waals surface area contributed by atoms with Gasteiger partial charge in [0.25, 0.3) is 0 Å². The predicted molar refractivity (Wildman–Crippen MR) is 175 cm³/mol. The summed E-state index contributed by atoms with van der Waals surface area (Å²) in [4.78, 5) is 24.7. The average molecular weight is 757 g/mol. The molecule has 234 valence electrons. The van der Waals surface area contributed by atoms with Crippen molar-refractivity contribution in [3.8, 4) is 0 Å². The molecule has 0 atom stereocenters. The molecule has 0 aromatic carbocycles. The van der Waals surface area contributed by atoms with Crippen LogP contribution in [0.3, 0.4) is 0 Å². The van der Waals surface area contributed by atoms with Crippen LogP contribution in [0.1, 0.15) is 68.3 Å². The van der Waals surface area contributed by atoms with Crippen molar-refractivity contribution in [2.24, 2.45) is 0 Å². The number of hydrogen-bond acceptors (Lipinski definition) is 0. The van der Waals surface area contributed by atoms with Gasteiger partial charge in [0.15, 0.2) is 0 Å². The van der Waals surface area contributed by atoms with Gasteiger partial charge in [0.1, 0.15) is 0 Å². The van der Waals surface area contributed by atoms with Crippen LogP contribution in [0.15, 0.2) is 72.8 Å². The van der Waals surface area contributed by atoms with Gasteiger partial charge in [-0.25, -0.2) is 0 Å². The Kier molecular flexibility index (Phi) is 23.0. The Morgan fingerprint density at radius 2 is 0.273 bits per heavy atom. The first-order chi connectivity index (χ1) is 19.7. The molecule has 6 heterocycles. The molecule has 8 heteroatoms. The molecule has 0 aliphatic carbocycles. The van der Waals surface area contributed by atoms with Crippen molar-refractivity contribution < 1.29 is 42.1 Å². The van der Waals surface area contributed by atoms with Gasteiger partial charge in [-0.3, -0.25) is 0 Å². The van der Waals surface area contributed by atoms with Crippen molar-refractivity contribution in [2.75, 3.05) is 0 Å². The smallest absolute Gasteiger partial charge is 0.665 e. The van der Waals surface area contributed by atoms with E-state index < -0.39 is 0 Å². The van der Waals surface area contributed by atoms with Crippen LogP contribution in [0.4, 0.5) is 0 Å². The van der Waals surface area contributed by atoms with Crippen molar-refractivity contribution in [2.45, 2.75) is 83.1 Å². The Bertz CT molecular complexity index is 1130. The SMILES string of the molecule is Cc1ccc(C)[n-]1.Cc1ccc(C)[n-]1.Cc1ccc(C)[n-]1.Cc1ccc(C)[n-]1.Cc1ccc(C)[n-]1.Cc1ccc(C)[n-]1.[Mo+3].[Mo+3]. The van der Waals surface area contributed by atoms with E-state index in [1.807, 2.05) is 156 Å². The molecule has 6 nitrogen and oxygen atoms in total. The summed E-state index contributed by atoms with van der Waals surface area (Å²) in [5.41, 5.74) is 13.3. The molecule has 0 saturated carbocycles. The predicted octanol–water partition coefficient (Wildman–Crippen LogP) is 7.56. The minimum atomic E-state index is 0. The Balaban J connectivity index is 0. The fourth-order valence-corrected chi connectivity index (χ4v) is 3.56. The first-order valence-electron chi connectivity index (χ1n) is 14.1. The van der Waals surface area contributed by atoms with Crippen LogP contribution in [-0.2, 0) is 42.1 Å². The fraction of sp³-hybridized carbons (Fsp3) is 0.333. The van der Waals surface area contributed by atoms with Gasteiger partial charge in [0.2, 0.25) is 0 Å². The van der Waals surface area contributed by atoms with Crippen molar-refractivity contribution >= 4 is 0 Å². The topological polar surface area (TPSA) is 84.6 Å². The molecule has 0 fully saturated rings. The Labute approximate surface area is 294 Å². The molecule has 0 amide bonds. The molecule has 0 saturated heterocycles. The van der Waals surface area contributed by atoms with E-state index in [9.17, 15) is 0 Å². The number of aromatic nitrogens is 6. The van der Waals surface area contributed by atoms with Crippen molar-refractivity contribution in [3.05, 3.63) is 141 Å². The van der Waals surface area contributed by atoms with Crippen LogP contribution >= 0.6 is 0 Å². The standard InChI is InChI=1S/6C6H8N.2Mo/c6*1-5-3-4-6(2)7-5;;/h6*3-4H,1-2H3;;/q6*-1;2*+3. The molecule has 6 aromatic heterocycles. The summed E-state index contributed by atoms with van der Waals surface area (Å²) in [5, 5.41) is 0. The normalized spacial score (nSPS) is 9.00. The first-order valence-corrected chi connectivity index (χ1v) is 14.1. The van der Waals surface area contributed by atoms with Gasteiger partial charge >= 0.3 is 42.1 Å². The third-order valence-electron chi connectivity index (χ3n) is 5.51. The summed E-state index contributed by atoms with van der Waals surface area (Å²) in [7, 11) is 0. The molecule has 2 radical (unpaired) electrons. The molecule has 0 aliphatic heterocycles. The zero-order chi connectivity index (χ0) is 31.7. The van der Waals surface area contributed by atoms with Gasteiger partial charge in [0, 0.05) is 0 Å². The van der Waals surface area contributed by atoms with Crippen LogP contribution < -0.4 is 29.9 Å². The van der Waals surface area contributed by atoms with Gasteiger partial charge in [-0.05, 0) is 0 Å². The van der Waals surface area contributed by atoms with Crippen LogP contribution in [0.25, 0.3) is 0 Å². The third-order valence-corrected chi connectivity index (χ3v) is 5.51. The van der Waals surface area contributed by atoms with Crippen LogP contribution in [-0.4, -0.2) is 0 Å². The van der Waals surface area contributed by atoms with E-state index in [2.05, 4.69) is 29.9 Å².